The number of anilines is 3. The highest BCUT2D eigenvalue weighted by atomic mass is 16.3. The van der Waals surface area contributed by atoms with Crippen molar-refractivity contribution >= 4 is 71.3 Å². The Hall–Kier alpha value is -7.42. The predicted molar refractivity (Wildman–Crippen MR) is 242 cm³/mol. The van der Waals surface area contributed by atoms with E-state index in [4.69, 9.17) is 33.2 Å². The maximum absolute atomic E-state index is 10.2. The lowest BCUT2D eigenvalue weighted by Crippen LogP contribution is -2.11. The third-order valence-corrected chi connectivity index (χ3v) is 8.87. The normalized spacial score (nSPS) is 19.9. The van der Waals surface area contributed by atoms with Crippen molar-refractivity contribution in [1.29, 1.82) is 0 Å². The van der Waals surface area contributed by atoms with Crippen molar-refractivity contribution in [3.05, 3.63) is 211 Å². The molecule has 0 unspecified atom stereocenters. The molecule has 2 heteroatoms. The zero-order chi connectivity index (χ0) is 67.5. The summed E-state index contributed by atoms with van der Waals surface area (Å²) in [6, 6.07) is -34.9. The smallest absolute Gasteiger partial charge is 0.143 e. The number of benzene rings is 10. The van der Waals surface area contributed by atoms with E-state index < -0.39 is 310 Å². The molecule has 10 aromatic carbocycles. The van der Waals surface area contributed by atoms with Crippen LogP contribution < -0.4 is 4.90 Å². The van der Waals surface area contributed by atoms with Gasteiger partial charge in [0, 0.05) is 38.7 Å². The molecule has 0 bridgehead atoms. The van der Waals surface area contributed by atoms with Gasteiger partial charge in [-0.25, -0.2) is 0 Å². The number of rotatable bonds is 6. The van der Waals surface area contributed by atoms with Gasteiger partial charge in [0.2, 0.25) is 0 Å². The summed E-state index contributed by atoms with van der Waals surface area (Å²) < 4.78 is 318. The van der Waals surface area contributed by atoms with E-state index in [1.54, 1.807) is 0 Å². The van der Waals surface area contributed by atoms with E-state index in [2.05, 4.69) is 0 Å². The monoisotopic (exact) mass is 762 g/mol. The second-order valence-corrected chi connectivity index (χ2v) is 12.3. The largest absolute Gasteiger partial charge is 0.455 e. The van der Waals surface area contributed by atoms with Crippen LogP contribution in [0.2, 0.25) is 0 Å². The number of nitrogens with zero attached hydrogens (tertiary/aromatic N) is 1. The zero-order valence-corrected chi connectivity index (χ0v) is 28.9. The summed E-state index contributed by atoms with van der Waals surface area (Å²) in [4.78, 5) is 0.458. The molecule has 0 atom stereocenters. The minimum atomic E-state index is -1.27. The highest BCUT2D eigenvalue weighted by Gasteiger charge is 2.21. The topological polar surface area (TPSA) is 16.4 Å². The Bertz CT molecular complexity index is 5010. The molecule has 11 rings (SSSR count). The van der Waals surface area contributed by atoms with Crippen LogP contribution in [0.3, 0.4) is 0 Å². The summed E-state index contributed by atoms with van der Waals surface area (Å²) in [5, 5.41) is -6.39. The van der Waals surface area contributed by atoms with E-state index in [0.717, 1.165) is 0 Å². The third kappa shape index (κ3) is 5.65. The lowest BCUT2D eigenvalue weighted by molar-refractivity contribution is 0.673. The molecule has 0 aliphatic heterocycles. The number of hydrogen-bond donors (Lipinski definition) is 0. The molecule has 1 heterocycles. The Balaban J connectivity index is 1.41. The van der Waals surface area contributed by atoms with Crippen LogP contribution in [0, 0.1) is 6.92 Å². The Morgan fingerprint density at radius 2 is 0.947 bits per heavy atom. The molecule has 0 aliphatic carbocycles. The number of furan rings is 1. The van der Waals surface area contributed by atoms with Gasteiger partial charge < -0.3 is 9.32 Å². The molecule has 1 aromatic heterocycles. The first-order valence-electron chi connectivity index (χ1n) is 33.8. The van der Waals surface area contributed by atoms with E-state index in [0.29, 0.717) is 4.90 Å². The van der Waals surface area contributed by atoms with Gasteiger partial charge in [0.25, 0.3) is 0 Å². The molecule has 0 N–H and O–H groups in total. The Morgan fingerprint density at radius 1 is 0.386 bits per heavy atom. The third-order valence-electron chi connectivity index (χ3n) is 8.87. The molecular formula is C55H37NO. The van der Waals surface area contributed by atoms with Gasteiger partial charge in [-0.2, -0.15) is 0 Å². The highest BCUT2D eigenvalue weighted by Crippen LogP contribution is 2.46. The van der Waals surface area contributed by atoms with Crippen LogP contribution >= 0.6 is 0 Å². The standard InChI is InChI=1S/C55H37NO/c1-36-14-11-21-40(30-36)42-31-41(37-15-3-2-4-16-37)32-43(33-42)50-35-51-48-29-28-44(34-54(48)57-55(51)49-25-10-9-24-47(49)50)56(52-26-12-19-38-17-5-7-22-45(38)52)53-27-13-20-39-18-6-8-23-46(39)53/h2-35H,1H3/i2D,3D,4D,5D,6D,7D,8D,9D,10D,11D,12D,13D,14D,15D,16D,17D,18D,19D,20D,21D,22D,23D,24D,25D,26D,27D,28D,29D,30D,31D,32D,33D,34D,35D. The summed E-state index contributed by atoms with van der Waals surface area (Å²) in [7, 11) is 0. The van der Waals surface area contributed by atoms with Crippen molar-refractivity contribution < 1.29 is 51.0 Å². The highest BCUT2D eigenvalue weighted by molar-refractivity contribution is 6.20. The molecular weight excluding hydrogens is 691 g/mol. The molecule has 0 radical (unpaired) electrons. The van der Waals surface area contributed by atoms with E-state index in [-0.39, 0.29) is 5.56 Å². The van der Waals surface area contributed by atoms with Gasteiger partial charge >= 0.3 is 0 Å². The number of fused-ring (bicyclic) bond motifs is 7. The molecule has 0 amide bonds. The fourth-order valence-electron chi connectivity index (χ4n) is 6.40. The fraction of sp³-hybridized carbons (Fsp3) is 0.0182. The Kier molecular flexibility index (Phi) is 3.14. The maximum Gasteiger partial charge on any atom is 0.143 e. The zero-order valence-electron chi connectivity index (χ0n) is 62.9. The van der Waals surface area contributed by atoms with Crippen LogP contribution in [-0.2, 0) is 0 Å². The van der Waals surface area contributed by atoms with Crippen molar-refractivity contribution in [2.45, 2.75) is 6.92 Å². The van der Waals surface area contributed by atoms with Crippen LogP contribution in [-0.4, -0.2) is 0 Å². The van der Waals surface area contributed by atoms with Crippen LogP contribution in [0.15, 0.2) is 210 Å². The van der Waals surface area contributed by atoms with E-state index in [1.807, 2.05) is 0 Å². The second kappa shape index (κ2) is 13.4. The van der Waals surface area contributed by atoms with E-state index in [1.165, 1.54) is 6.92 Å². The van der Waals surface area contributed by atoms with Gasteiger partial charge in [0.1, 0.15) is 11.2 Å². The van der Waals surface area contributed by atoms with Crippen LogP contribution in [0.25, 0.3) is 87.6 Å². The SMILES string of the molecule is [2H]c1c([2H])c([2H])c(-c2c([2H])c(-c3c([2H])c([2H])c([2H])c(C)c3[2H])c([2H])c(-c3c([2H])c4c(oc5c([2H])c(N(c6c([2H])c([2H])c([2H])c7c([2H])c([2H])c([2H])c([2H])c67)c6c([2H])c([2H])c([2H])c7c([2H])c([2H])c([2H])c([2H])c67)c([2H])c([2H])c54)c4c([2H])c([2H])c([2H])c([2H])c34)c2[2H])c([2H])c1[2H]. The van der Waals surface area contributed by atoms with Gasteiger partial charge in [-0.15, -0.1) is 0 Å². The molecule has 2 nitrogen and oxygen atoms in total. The maximum atomic E-state index is 10.2. The summed E-state index contributed by atoms with van der Waals surface area (Å²) in [6.45, 7) is 1.20. The van der Waals surface area contributed by atoms with Gasteiger partial charge in [-0.1, -0.05) is 157 Å². The Morgan fingerprint density at radius 3 is 1.67 bits per heavy atom. The Labute approximate surface area is 379 Å². The first-order chi connectivity index (χ1) is 42.4. The summed E-state index contributed by atoms with van der Waals surface area (Å²) in [5.41, 5.74) is -10.5. The van der Waals surface area contributed by atoms with Gasteiger partial charge in [-0.05, 0) is 105 Å². The molecule has 11 aromatic rings. The first kappa shape index (κ1) is 13.4. The quantitative estimate of drug-likeness (QED) is 0.168. The van der Waals surface area contributed by atoms with Crippen LogP contribution in [0.1, 0.15) is 52.2 Å². The molecule has 57 heavy (non-hydrogen) atoms. The molecule has 0 spiro atoms. The average molecular weight is 762 g/mol. The lowest BCUT2D eigenvalue weighted by Gasteiger charge is -2.28. The van der Waals surface area contributed by atoms with Crippen molar-refractivity contribution in [3.8, 4) is 33.4 Å². The summed E-state index contributed by atoms with van der Waals surface area (Å²) >= 11 is 0. The van der Waals surface area contributed by atoms with E-state index >= 15 is 0 Å². The second-order valence-electron chi connectivity index (χ2n) is 12.3. The summed E-state index contributed by atoms with van der Waals surface area (Å²) in [6.07, 6.45) is 0. The van der Waals surface area contributed by atoms with Crippen LogP contribution in [0.5, 0.6) is 0 Å². The molecule has 0 aliphatic rings. The van der Waals surface area contributed by atoms with Crippen LogP contribution in [0.4, 0.5) is 17.1 Å². The lowest BCUT2D eigenvalue weighted by atomic mass is 9.90. The minimum Gasteiger partial charge on any atom is -0.455 e. The minimum absolute atomic E-state index is 0.281. The van der Waals surface area contributed by atoms with Gasteiger partial charge in [0.15, 0.2) is 0 Å². The van der Waals surface area contributed by atoms with Crippen molar-refractivity contribution in [1.82, 2.24) is 0 Å². The van der Waals surface area contributed by atoms with Gasteiger partial charge in [0.05, 0.1) is 58.0 Å². The fourth-order valence-corrected chi connectivity index (χ4v) is 6.40. The number of hydrogen-bond acceptors (Lipinski definition) is 2. The molecule has 0 fully saturated rings. The molecule has 0 saturated carbocycles. The van der Waals surface area contributed by atoms with Crippen molar-refractivity contribution in [2.24, 2.45) is 0 Å². The van der Waals surface area contributed by atoms with Crippen molar-refractivity contribution in [2.75, 3.05) is 4.90 Å². The van der Waals surface area contributed by atoms with Gasteiger partial charge in [-0.3, -0.25) is 0 Å². The molecule has 0 saturated heterocycles. The molecule has 268 valence electrons. The predicted octanol–water partition coefficient (Wildman–Crippen LogP) is 15.8. The average Bonchev–Trinajstić information content (AvgIpc) is 1.69. The van der Waals surface area contributed by atoms with Crippen molar-refractivity contribution in [3.63, 3.8) is 0 Å². The summed E-state index contributed by atoms with van der Waals surface area (Å²) in [5.74, 6) is 0. The first-order valence-corrected chi connectivity index (χ1v) is 16.8. The van der Waals surface area contributed by atoms with E-state index in [9.17, 15) is 17.8 Å².